The molecule has 43 heavy (non-hydrogen) atoms. The number of methoxy groups -OCH3 is 1. The van der Waals surface area contributed by atoms with Crippen molar-refractivity contribution >= 4 is 34.8 Å². The molecule has 0 unspecified atom stereocenters. The van der Waals surface area contributed by atoms with Gasteiger partial charge >= 0.3 is 0 Å². The zero-order chi connectivity index (χ0) is 30.2. The molecule has 0 aromatic heterocycles. The Balaban J connectivity index is 1.23. The lowest BCUT2D eigenvalue weighted by Crippen LogP contribution is -2.32. The molecule has 4 aromatic carbocycles. The quantitative estimate of drug-likeness (QED) is 0.245. The number of amides is 3. The fourth-order valence-corrected chi connectivity index (χ4v) is 4.69. The minimum absolute atomic E-state index is 0.226. The summed E-state index contributed by atoms with van der Waals surface area (Å²) in [6.45, 7) is 2.92. The van der Waals surface area contributed by atoms with Gasteiger partial charge in [-0.2, -0.15) is 5.10 Å². The average Bonchev–Trinajstić information content (AvgIpc) is 3.05. The molecule has 1 heterocycles. The van der Waals surface area contributed by atoms with Crippen LogP contribution in [0, 0.1) is 0 Å². The van der Waals surface area contributed by atoms with Crippen LogP contribution in [0.5, 0.6) is 11.5 Å². The first-order valence-corrected chi connectivity index (χ1v) is 14.0. The van der Waals surface area contributed by atoms with Gasteiger partial charge in [-0.1, -0.05) is 24.3 Å². The van der Waals surface area contributed by atoms with E-state index in [9.17, 15) is 14.4 Å². The van der Waals surface area contributed by atoms with Gasteiger partial charge in [-0.15, -0.1) is 0 Å². The molecule has 9 nitrogen and oxygen atoms in total. The van der Waals surface area contributed by atoms with Crippen molar-refractivity contribution in [2.24, 2.45) is 5.10 Å². The summed E-state index contributed by atoms with van der Waals surface area (Å²) in [6, 6.07) is 27.9. The van der Waals surface area contributed by atoms with E-state index in [1.807, 2.05) is 31.2 Å². The van der Waals surface area contributed by atoms with E-state index in [0.29, 0.717) is 52.7 Å². The molecule has 0 atom stereocenters. The predicted octanol–water partition coefficient (Wildman–Crippen LogP) is 6.24. The molecule has 1 aliphatic rings. The summed E-state index contributed by atoms with van der Waals surface area (Å²) in [5.74, 6) is 0.448. The van der Waals surface area contributed by atoms with E-state index in [0.717, 1.165) is 24.1 Å². The number of anilines is 2. The third-order valence-electron chi connectivity index (χ3n) is 6.86. The fraction of sp³-hybridized carbons (Fsp3) is 0.176. The Bertz CT molecular complexity index is 1650. The van der Waals surface area contributed by atoms with E-state index in [4.69, 9.17) is 9.47 Å². The SMILES string of the molecule is CCOc1cc(C2=NN(C(=O)c3ccc(NC(=O)c4cccc(NC(=O)c5ccccc5)c4)cc3)CCC2)ccc1OC. The average molecular weight is 577 g/mol. The molecule has 9 heteroatoms. The van der Waals surface area contributed by atoms with E-state index in [-0.39, 0.29) is 17.7 Å². The van der Waals surface area contributed by atoms with Crippen molar-refractivity contribution < 1.29 is 23.9 Å². The highest BCUT2D eigenvalue weighted by Crippen LogP contribution is 2.30. The van der Waals surface area contributed by atoms with Gasteiger partial charge in [-0.05, 0) is 92.6 Å². The summed E-state index contributed by atoms with van der Waals surface area (Å²) in [5.41, 5.74) is 4.08. The molecular weight excluding hydrogens is 544 g/mol. The number of hydrazone groups is 1. The van der Waals surface area contributed by atoms with Crippen LogP contribution in [-0.4, -0.2) is 48.7 Å². The van der Waals surface area contributed by atoms with Gasteiger partial charge in [0.2, 0.25) is 0 Å². The lowest BCUT2D eigenvalue weighted by molar-refractivity contribution is 0.0751. The van der Waals surface area contributed by atoms with Gasteiger partial charge in [0, 0.05) is 40.2 Å². The molecule has 5 rings (SSSR count). The maximum absolute atomic E-state index is 13.3. The molecule has 0 fully saturated rings. The Morgan fingerprint density at radius 3 is 2.23 bits per heavy atom. The minimum Gasteiger partial charge on any atom is -0.493 e. The summed E-state index contributed by atoms with van der Waals surface area (Å²) < 4.78 is 11.1. The third kappa shape index (κ3) is 7.08. The van der Waals surface area contributed by atoms with Crippen LogP contribution in [0.3, 0.4) is 0 Å². The summed E-state index contributed by atoms with van der Waals surface area (Å²) in [4.78, 5) is 38.7. The Morgan fingerprint density at radius 1 is 0.767 bits per heavy atom. The highest BCUT2D eigenvalue weighted by molar-refractivity contribution is 6.08. The van der Waals surface area contributed by atoms with Gasteiger partial charge in [0.25, 0.3) is 17.7 Å². The monoisotopic (exact) mass is 576 g/mol. The zero-order valence-corrected chi connectivity index (χ0v) is 24.0. The standard InChI is InChI=1S/C34H32N4O5/c1-3-43-31-22-25(16-19-30(31)42-2)29-13-8-20-38(37-29)34(41)24-14-17-27(18-15-24)35-33(40)26-11-7-12-28(21-26)36-32(39)23-9-5-4-6-10-23/h4-7,9-12,14-19,21-22H,3,8,13,20H2,1-2H3,(H,35,40)(H,36,39). The molecule has 0 saturated heterocycles. The highest BCUT2D eigenvalue weighted by Gasteiger charge is 2.22. The van der Waals surface area contributed by atoms with Gasteiger partial charge < -0.3 is 20.1 Å². The van der Waals surface area contributed by atoms with Crippen LogP contribution < -0.4 is 20.1 Å². The second-order valence-corrected chi connectivity index (χ2v) is 9.81. The topological polar surface area (TPSA) is 109 Å². The Morgan fingerprint density at radius 2 is 1.49 bits per heavy atom. The van der Waals surface area contributed by atoms with Crippen LogP contribution in [0.1, 0.15) is 56.4 Å². The van der Waals surface area contributed by atoms with E-state index in [1.54, 1.807) is 79.9 Å². The lowest BCUT2D eigenvalue weighted by atomic mass is 10.0. The second kappa shape index (κ2) is 13.5. The molecule has 3 amide bonds. The van der Waals surface area contributed by atoms with Crippen molar-refractivity contribution in [1.29, 1.82) is 0 Å². The maximum atomic E-state index is 13.3. The summed E-state index contributed by atoms with van der Waals surface area (Å²) in [6.07, 6.45) is 1.52. The van der Waals surface area contributed by atoms with Crippen LogP contribution >= 0.6 is 0 Å². The summed E-state index contributed by atoms with van der Waals surface area (Å²) in [7, 11) is 1.60. The van der Waals surface area contributed by atoms with Gasteiger partial charge in [0.1, 0.15) is 0 Å². The summed E-state index contributed by atoms with van der Waals surface area (Å²) in [5, 5.41) is 11.8. The number of benzene rings is 4. The smallest absolute Gasteiger partial charge is 0.273 e. The second-order valence-electron chi connectivity index (χ2n) is 9.81. The van der Waals surface area contributed by atoms with Crippen LogP contribution in [0.2, 0.25) is 0 Å². The Kier molecular flexibility index (Phi) is 9.11. The van der Waals surface area contributed by atoms with Gasteiger partial charge in [-0.25, -0.2) is 5.01 Å². The fourth-order valence-electron chi connectivity index (χ4n) is 4.69. The van der Waals surface area contributed by atoms with Crippen LogP contribution in [0.25, 0.3) is 0 Å². The van der Waals surface area contributed by atoms with E-state index in [1.165, 1.54) is 5.01 Å². The van der Waals surface area contributed by atoms with Crippen LogP contribution in [0.15, 0.2) is 102 Å². The molecular formula is C34H32N4O5. The van der Waals surface area contributed by atoms with Crippen molar-refractivity contribution in [3.8, 4) is 11.5 Å². The Labute approximate surface area is 250 Å². The number of hydrogen-bond donors (Lipinski definition) is 2. The predicted molar refractivity (Wildman–Crippen MR) is 166 cm³/mol. The van der Waals surface area contributed by atoms with Crippen LogP contribution in [0.4, 0.5) is 11.4 Å². The third-order valence-corrected chi connectivity index (χ3v) is 6.86. The van der Waals surface area contributed by atoms with Gasteiger partial charge in [0.05, 0.1) is 19.4 Å². The van der Waals surface area contributed by atoms with Crippen molar-refractivity contribution in [3.63, 3.8) is 0 Å². The maximum Gasteiger partial charge on any atom is 0.273 e. The molecule has 0 radical (unpaired) electrons. The van der Waals surface area contributed by atoms with Crippen molar-refractivity contribution in [1.82, 2.24) is 5.01 Å². The first-order chi connectivity index (χ1) is 20.9. The number of nitrogens with zero attached hydrogens (tertiary/aromatic N) is 2. The largest absolute Gasteiger partial charge is 0.493 e. The van der Waals surface area contributed by atoms with E-state index >= 15 is 0 Å². The van der Waals surface area contributed by atoms with Crippen molar-refractivity contribution in [2.75, 3.05) is 30.9 Å². The molecule has 218 valence electrons. The number of rotatable bonds is 9. The van der Waals surface area contributed by atoms with Gasteiger partial charge in [-0.3, -0.25) is 14.4 Å². The summed E-state index contributed by atoms with van der Waals surface area (Å²) >= 11 is 0. The number of carbonyl (C=O) groups excluding carboxylic acids is 3. The Hall–Kier alpha value is -5.44. The highest BCUT2D eigenvalue weighted by atomic mass is 16.5. The molecule has 0 bridgehead atoms. The normalized spacial score (nSPS) is 12.6. The minimum atomic E-state index is -0.342. The molecule has 0 saturated carbocycles. The lowest BCUT2D eigenvalue weighted by Gasteiger charge is -2.24. The number of ether oxygens (including phenoxy) is 2. The van der Waals surface area contributed by atoms with Crippen LogP contribution in [-0.2, 0) is 0 Å². The zero-order valence-electron chi connectivity index (χ0n) is 24.0. The van der Waals surface area contributed by atoms with Crippen molar-refractivity contribution in [2.45, 2.75) is 19.8 Å². The van der Waals surface area contributed by atoms with Crippen molar-refractivity contribution in [3.05, 3.63) is 119 Å². The number of carbonyl (C=O) groups is 3. The molecule has 0 spiro atoms. The molecule has 2 N–H and O–H groups in total. The number of nitrogens with one attached hydrogen (secondary N) is 2. The first-order valence-electron chi connectivity index (χ1n) is 14.0. The molecule has 4 aromatic rings. The molecule has 0 aliphatic carbocycles. The van der Waals surface area contributed by atoms with E-state index in [2.05, 4.69) is 15.7 Å². The first kappa shape index (κ1) is 29.1. The number of hydrogen-bond acceptors (Lipinski definition) is 6. The van der Waals surface area contributed by atoms with Gasteiger partial charge in [0.15, 0.2) is 11.5 Å². The molecule has 1 aliphatic heterocycles. The van der Waals surface area contributed by atoms with E-state index < -0.39 is 0 Å².